The van der Waals surface area contributed by atoms with Crippen molar-refractivity contribution in [3.63, 3.8) is 0 Å². The van der Waals surface area contributed by atoms with Gasteiger partial charge in [0.2, 0.25) is 0 Å². The van der Waals surface area contributed by atoms with Crippen molar-refractivity contribution in [2.45, 2.75) is 31.2 Å². The number of halogens is 2. The average molecular weight is 357 g/mol. The van der Waals surface area contributed by atoms with Crippen LogP contribution in [0.15, 0.2) is 34.1 Å². The van der Waals surface area contributed by atoms with Crippen molar-refractivity contribution >= 4 is 38.9 Å². The molecule has 1 aliphatic carbocycles. The van der Waals surface area contributed by atoms with E-state index in [2.05, 4.69) is 40.2 Å². The molecule has 1 aromatic heterocycles. The molecule has 19 heavy (non-hydrogen) atoms. The van der Waals surface area contributed by atoms with E-state index in [0.717, 1.165) is 15.2 Å². The molecule has 0 spiro atoms. The highest BCUT2D eigenvalue weighted by Gasteiger charge is 2.27. The lowest BCUT2D eigenvalue weighted by Gasteiger charge is -2.29. The molecule has 2 unspecified atom stereocenters. The molecule has 0 saturated carbocycles. The van der Waals surface area contributed by atoms with E-state index in [1.54, 1.807) is 11.3 Å². The van der Waals surface area contributed by atoms with Crippen LogP contribution in [0, 0.1) is 0 Å². The van der Waals surface area contributed by atoms with Crippen molar-refractivity contribution < 1.29 is 0 Å². The van der Waals surface area contributed by atoms with Crippen LogP contribution >= 0.6 is 38.9 Å². The molecule has 0 aliphatic heterocycles. The van der Waals surface area contributed by atoms with E-state index in [-0.39, 0.29) is 6.04 Å². The molecule has 3 rings (SSSR count). The molecule has 0 radical (unpaired) electrons. The first-order chi connectivity index (χ1) is 9.16. The topological polar surface area (TPSA) is 26.0 Å². The third kappa shape index (κ3) is 2.62. The molecule has 100 valence electrons. The van der Waals surface area contributed by atoms with Gasteiger partial charge < -0.3 is 5.73 Å². The van der Waals surface area contributed by atoms with E-state index < -0.39 is 0 Å². The lowest BCUT2D eigenvalue weighted by Crippen LogP contribution is -2.22. The van der Waals surface area contributed by atoms with Crippen molar-refractivity contribution in [3.05, 3.63) is 55.1 Å². The number of fused-ring (bicyclic) bond motifs is 1. The summed E-state index contributed by atoms with van der Waals surface area (Å²) in [6, 6.07) is 10.7. The third-order valence-electron chi connectivity index (χ3n) is 3.84. The monoisotopic (exact) mass is 355 g/mol. The van der Waals surface area contributed by atoms with Gasteiger partial charge >= 0.3 is 0 Å². The van der Waals surface area contributed by atoms with Gasteiger partial charge in [0.1, 0.15) is 0 Å². The Balaban J connectivity index is 1.95. The first-order valence-electron chi connectivity index (χ1n) is 6.45. The second-order valence-electron chi connectivity index (χ2n) is 4.99. The van der Waals surface area contributed by atoms with Crippen molar-refractivity contribution in [3.8, 4) is 0 Å². The van der Waals surface area contributed by atoms with Gasteiger partial charge in [0.15, 0.2) is 0 Å². The van der Waals surface area contributed by atoms with Gasteiger partial charge in [0.25, 0.3) is 0 Å². The SMILES string of the molecule is NC(c1cc(Cl)c(Br)s1)C1CCCc2ccccc21. The van der Waals surface area contributed by atoms with Crippen LogP contribution in [-0.4, -0.2) is 0 Å². The molecule has 0 saturated heterocycles. The third-order valence-corrected chi connectivity index (χ3v) is 6.42. The Labute approximate surface area is 130 Å². The molecule has 0 amide bonds. The Morgan fingerprint density at radius 1 is 1.37 bits per heavy atom. The number of hydrogen-bond acceptors (Lipinski definition) is 2. The summed E-state index contributed by atoms with van der Waals surface area (Å²) in [5, 5.41) is 0.763. The summed E-state index contributed by atoms with van der Waals surface area (Å²) in [6.45, 7) is 0. The van der Waals surface area contributed by atoms with E-state index in [4.69, 9.17) is 17.3 Å². The minimum absolute atomic E-state index is 0.0373. The molecule has 1 aliphatic rings. The quantitative estimate of drug-likeness (QED) is 0.778. The predicted molar refractivity (Wildman–Crippen MR) is 86.1 cm³/mol. The average Bonchev–Trinajstić information content (AvgIpc) is 2.77. The summed E-state index contributed by atoms with van der Waals surface area (Å²) in [7, 11) is 0. The number of aryl methyl sites for hydroxylation is 1. The molecule has 0 fully saturated rings. The Hall–Kier alpha value is -0.350. The van der Waals surface area contributed by atoms with Crippen molar-refractivity contribution in [1.29, 1.82) is 0 Å². The number of rotatable bonds is 2. The van der Waals surface area contributed by atoms with Gasteiger partial charge in [-0.25, -0.2) is 0 Å². The fourth-order valence-electron chi connectivity index (χ4n) is 2.89. The Bertz CT molecular complexity index is 576. The zero-order valence-electron chi connectivity index (χ0n) is 10.4. The maximum Gasteiger partial charge on any atom is 0.0887 e. The molecule has 2 N–H and O–H groups in total. The van der Waals surface area contributed by atoms with Crippen LogP contribution in [-0.2, 0) is 6.42 Å². The fourth-order valence-corrected chi connectivity index (χ4v) is 4.70. The van der Waals surface area contributed by atoms with E-state index in [1.165, 1.54) is 28.8 Å². The minimum atomic E-state index is 0.0373. The first kappa shape index (κ1) is 13.6. The van der Waals surface area contributed by atoms with E-state index >= 15 is 0 Å². The highest BCUT2D eigenvalue weighted by atomic mass is 79.9. The Morgan fingerprint density at radius 3 is 2.89 bits per heavy atom. The second kappa shape index (κ2) is 5.57. The van der Waals surface area contributed by atoms with Crippen molar-refractivity contribution in [2.75, 3.05) is 0 Å². The molecule has 2 atom stereocenters. The summed E-state index contributed by atoms with van der Waals surface area (Å²) in [6.07, 6.45) is 3.55. The number of benzene rings is 1. The van der Waals surface area contributed by atoms with Crippen LogP contribution in [0.25, 0.3) is 0 Å². The van der Waals surface area contributed by atoms with E-state index in [0.29, 0.717) is 5.92 Å². The normalized spacial score (nSPS) is 20.1. The van der Waals surface area contributed by atoms with Crippen LogP contribution in [0.1, 0.15) is 40.8 Å². The number of thiophene rings is 1. The van der Waals surface area contributed by atoms with Crippen LogP contribution in [0.5, 0.6) is 0 Å². The Morgan fingerprint density at radius 2 is 2.16 bits per heavy atom. The lowest BCUT2D eigenvalue weighted by atomic mass is 9.78. The summed E-state index contributed by atoms with van der Waals surface area (Å²) in [5.74, 6) is 0.409. The summed E-state index contributed by atoms with van der Waals surface area (Å²) in [4.78, 5) is 1.17. The van der Waals surface area contributed by atoms with Gasteiger partial charge in [-0.15, -0.1) is 11.3 Å². The summed E-state index contributed by atoms with van der Waals surface area (Å²) >= 11 is 11.2. The zero-order chi connectivity index (χ0) is 13.4. The zero-order valence-corrected chi connectivity index (χ0v) is 13.6. The van der Waals surface area contributed by atoms with Crippen LogP contribution in [0.4, 0.5) is 0 Å². The van der Waals surface area contributed by atoms with Gasteiger partial charge in [-0.2, -0.15) is 0 Å². The highest BCUT2D eigenvalue weighted by Crippen LogP contribution is 2.43. The first-order valence-corrected chi connectivity index (χ1v) is 8.43. The largest absolute Gasteiger partial charge is 0.323 e. The van der Waals surface area contributed by atoms with Gasteiger partial charge in [0, 0.05) is 16.8 Å². The van der Waals surface area contributed by atoms with Gasteiger partial charge in [-0.3, -0.25) is 0 Å². The van der Waals surface area contributed by atoms with Gasteiger partial charge in [-0.05, 0) is 52.4 Å². The van der Waals surface area contributed by atoms with Gasteiger partial charge in [-0.1, -0.05) is 35.9 Å². The van der Waals surface area contributed by atoms with E-state index in [9.17, 15) is 0 Å². The maximum absolute atomic E-state index is 6.50. The molecule has 1 nitrogen and oxygen atoms in total. The van der Waals surface area contributed by atoms with Crippen molar-refractivity contribution in [2.24, 2.45) is 5.73 Å². The highest BCUT2D eigenvalue weighted by molar-refractivity contribution is 9.11. The number of hydrogen-bond donors (Lipinski definition) is 1. The fraction of sp³-hybridized carbons (Fsp3) is 0.333. The molecule has 4 heteroatoms. The molecule has 0 bridgehead atoms. The Kier molecular flexibility index (Phi) is 3.99. The van der Waals surface area contributed by atoms with Crippen molar-refractivity contribution in [1.82, 2.24) is 0 Å². The van der Waals surface area contributed by atoms with Crippen LogP contribution in [0.3, 0.4) is 0 Å². The minimum Gasteiger partial charge on any atom is -0.323 e. The summed E-state index contributed by atoms with van der Waals surface area (Å²) < 4.78 is 0.976. The van der Waals surface area contributed by atoms with E-state index in [1.807, 2.05) is 6.07 Å². The summed E-state index contributed by atoms with van der Waals surface area (Å²) in [5.41, 5.74) is 9.37. The van der Waals surface area contributed by atoms with Crippen LogP contribution in [0.2, 0.25) is 5.02 Å². The molecule has 2 aromatic rings. The number of nitrogens with two attached hydrogens (primary N) is 1. The molecule has 1 aromatic carbocycles. The molecular weight excluding hydrogens is 342 g/mol. The molecular formula is C15H15BrClNS. The van der Waals surface area contributed by atoms with Crippen LogP contribution < -0.4 is 5.73 Å². The smallest absolute Gasteiger partial charge is 0.0887 e. The molecule has 1 heterocycles. The maximum atomic E-state index is 6.50. The second-order valence-corrected chi connectivity index (χ2v) is 7.80. The lowest BCUT2D eigenvalue weighted by molar-refractivity contribution is 0.479. The predicted octanol–water partition coefficient (Wildman–Crippen LogP) is 5.28. The van der Waals surface area contributed by atoms with Gasteiger partial charge in [0.05, 0.1) is 8.81 Å². The standard InChI is InChI=1S/C15H15BrClNS/c16-15-12(17)8-13(19-15)14(18)11-7-3-5-9-4-1-2-6-10(9)11/h1-2,4,6,8,11,14H,3,5,7,18H2.